The van der Waals surface area contributed by atoms with E-state index in [0.29, 0.717) is 35.3 Å². The Bertz CT molecular complexity index is 1190. The molecule has 2 amide bonds. The molecule has 0 fully saturated rings. The molecular formula is C27H23BrN2O3. The van der Waals surface area contributed by atoms with Gasteiger partial charge in [0.15, 0.2) is 5.78 Å². The van der Waals surface area contributed by atoms with Crippen LogP contribution >= 0.6 is 15.9 Å². The number of hydrogen-bond donors (Lipinski definition) is 2. The average molecular weight is 503 g/mol. The fourth-order valence-corrected chi connectivity index (χ4v) is 4.19. The number of anilines is 2. The first-order chi connectivity index (χ1) is 16.0. The quantitative estimate of drug-likeness (QED) is 0.328. The number of ketones is 1. The van der Waals surface area contributed by atoms with Gasteiger partial charge in [-0.25, -0.2) is 0 Å². The Morgan fingerprint density at radius 2 is 1.27 bits per heavy atom. The fraction of sp³-hybridized carbons (Fsp3) is 0.148. The van der Waals surface area contributed by atoms with Gasteiger partial charge in [-0.3, -0.25) is 14.4 Å². The van der Waals surface area contributed by atoms with Crippen molar-refractivity contribution in [3.05, 3.63) is 107 Å². The number of allylic oxidation sites excluding steroid dienone is 2. The molecule has 0 heterocycles. The van der Waals surface area contributed by atoms with Gasteiger partial charge >= 0.3 is 0 Å². The number of carbonyl (C=O) groups excluding carboxylic acids is 3. The lowest BCUT2D eigenvalue weighted by Crippen LogP contribution is -2.37. The molecule has 1 aliphatic carbocycles. The standard InChI is InChI=1S/C27H23BrN2O3/c28-19-14-16-20(17-15-19)29-26(32)21-10-4-5-11-22(21)27(33)30-24-13-7-6-12-23(24)25(31)18-8-2-1-3-9-18/h1-9,12-17,21-22H,10-11H2,(H,29,32)(H,30,33). The second-order valence-corrected chi connectivity index (χ2v) is 8.80. The van der Waals surface area contributed by atoms with Gasteiger partial charge in [-0.2, -0.15) is 0 Å². The van der Waals surface area contributed by atoms with E-state index in [1.54, 1.807) is 60.7 Å². The van der Waals surface area contributed by atoms with Gasteiger partial charge in [-0.05, 0) is 49.2 Å². The molecule has 0 saturated heterocycles. The van der Waals surface area contributed by atoms with E-state index in [9.17, 15) is 14.4 Å². The molecule has 1 aliphatic rings. The summed E-state index contributed by atoms with van der Waals surface area (Å²) in [6.07, 6.45) is 4.79. The smallest absolute Gasteiger partial charge is 0.228 e. The minimum Gasteiger partial charge on any atom is -0.326 e. The lowest BCUT2D eigenvalue weighted by Gasteiger charge is -2.27. The number of para-hydroxylation sites is 1. The van der Waals surface area contributed by atoms with Crippen LogP contribution in [0.15, 0.2) is 95.5 Å². The minimum atomic E-state index is -0.537. The van der Waals surface area contributed by atoms with Crippen molar-refractivity contribution in [3.63, 3.8) is 0 Å². The van der Waals surface area contributed by atoms with Crippen LogP contribution in [0.5, 0.6) is 0 Å². The number of hydrogen-bond acceptors (Lipinski definition) is 3. The summed E-state index contributed by atoms with van der Waals surface area (Å²) in [5.74, 6) is -1.68. The number of nitrogens with one attached hydrogen (secondary N) is 2. The average Bonchev–Trinajstić information content (AvgIpc) is 2.86. The Labute approximate surface area is 201 Å². The second-order valence-electron chi connectivity index (χ2n) is 7.88. The highest BCUT2D eigenvalue weighted by Gasteiger charge is 2.34. The summed E-state index contributed by atoms with van der Waals surface area (Å²) in [6.45, 7) is 0. The molecule has 0 bridgehead atoms. The maximum absolute atomic E-state index is 13.2. The van der Waals surface area contributed by atoms with Crippen molar-refractivity contribution in [2.24, 2.45) is 11.8 Å². The van der Waals surface area contributed by atoms with Crippen molar-refractivity contribution in [1.29, 1.82) is 0 Å². The Kier molecular flexibility index (Phi) is 7.15. The normalized spacial score (nSPS) is 17.2. The van der Waals surface area contributed by atoms with Crippen molar-refractivity contribution in [2.45, 2.75) is 12.8 Å². The number of carbonyl (C=O) groups is 3. The molecule has 3 aromatic rings. The van der Waals surface area contributed by atoms with E-state index >= 15 is 0 Å². The zero-order chi connectivity index (χ0) is 23.2. The van der Waals surface area contributed by atoms with Crippen molar-refractivity contribution >= 4 is 44.9 Å². The lowest BCUT2D eigenvalue weighted by atomic mass is 9.81. The summed E-state index contributed by atoms with van der Waals surface area (Å²) in [7, 11) is 0. The van der Waals surface area contributed by atoms with Crippen LogP contribution in [0.25, 0.3) is 0 Å². The first-order valence-corrected chi connectivity index (χ1v) is 11.5. The summed E-state index contributed by atoms with van der Waals surface area (Å²) < 4.78 is 0.919. The van der Waals surface area contributed by atoms with Crippen LogP contribution in [-0.2, 0) is 9.59 Å². The Morgan fingerprint density at radius 3 is 1.94 bits per heavy atom. The lowest BCUT2D eigenvalue weighted by molar-refractivity contribution is -0.129. The molecule has 5 nitrogen and oxygen atoms in total. The van der Waals surface area contributed by atoms with Crippen molar-refractivity contribution in [2.75, 3.05) is 10.6 Å². The highest BCUT2D eigenvalue weighted by Crippen LogP contribution is 2.29. The molecule has 0 radical (unpaired) electrons. The van der Waals surface area contributed by atoms with Crippen molar-refractivity contribution < 1.29 is 14.4 Å². The molecule has 0 saturated carbocycles. The predicted octanol–water partition coefficient (Wildman–Crippen LogP) is 5.84. The van der Waals surface area contributed by atoms with E-state index in [1.807, 2.05) is 30.4 Å². The molecule has 0 aliphatic heterocycles. The summed E-state index contributed by atoms with van der Waals surface area (Å²) in [6, 6.07) is 23.2. The summed E-state index contributed by atoms with van der Waals surface area (Å²) >= 11 is 3.38. The van der Waals surface area contributed by atoms with Gasteiger partial charge in [0.25, 0.3) is 0 Å². The van der Waals surface area contributed by atoms with Crippen LogP contribution in [-0.4, -0.2) is 17.6 Å². The van der Waals surface area contributed by atoms with E-state index in [-0.39, 0.29) is 17.6 Å². The zero-order valence-electron chi connectivity index (χ0n) is 17.8. The van der Waals surface area contributed by atoms with Crippen LogP contribution in [0, 0.1) is 11.8 Å². The third-order valence-electron chi connectivity index (χ3n) is 5.68. The third-order valence-corrected chi connectivity index (χ3v) is 6.21. The number of rotatable bonds is 6. The topological polar surface area (TPSA) is 75.3 Å². The third kappa shape index (κ3) is 5.46. The van der Waals surface area contributed by atoms with Gasteiger partial charge in [0.05, 0.1) is 17.5 Å². The zero-order valence-corrected chi connectivity index (χ0v) is 19.4. The number of halogens is 1. The number of amides is 2. The van der Waals surface area contributed by atoms with Gasteiger partial charge in [-0.1, -0.05) is 70.5 Å². The monoisotopic (exact) mass is 502 g/mol. The number of benzene rings is 3. The van der Waals surface area contributed by atoms with Crippen LogP contribution in [0.2, 0.25) is 0 Å². The van der Waals surface area contributed by atoms with E-state index in [0.717, 1.165) is 4.47 Å². The highest BCUT2D eigenvalue weighted by molar-refractivity contribution is 9.10. The maximum Gasteiger partial charge on any atom is 0.228 e. The van der Waals surface area contributed by atoms with Crippen LogP contribution < -0.4 is 10.6 Å². The molecule has 2 N–H and O–H groups in total. The maximum atomic E-state index is 13.2. The van der Waals surface area contributed by atoms with E-state index in [4.69, 9.17) is 0 Å². The molecule has 0 aromatic heterocycles. The Hall–Kier alpha value is -3.51. The van der Waals surface area contributed by atoms with Gasteiger partial charge in [0.2, 0.25) is 11.8 Å². The van der Waals surface area contributed by atoms with E-state index in [1.165, 1.54) is 0 Å². The molecule has 2 atom stereocenters. The van der Waals surface area contributed by atoms with E-state index in [2.05, 4.69) is 26.6 Å². The molecular weight excluding hydrogens is 480 g/mol. The summed E-state index contributed by atoms with van der Waals surface area (Å²) in [4.78, 5) is 39.2. The van der Waals surface area contributed by atoms with Crippen LogP contribution in [0.4, 0.5) is 11.4 Å². The van der Waals surface area contributed by atoms with Crippen molar-refractivity contribution in [1.82, 2.24) is 0 Å². The van der Waals surface area contributed by atoms with Crippen LogP contribution in [0.1, 0.15) is 28.8 Å². The molecule has 33 heavy (non-hydrogen) atoms. The van der Waals surface area contributed by atoms with Gasteiger partial charge in [-0.15, -0.1) is 0 Å². The Morgan fingerprint density at radius 1 is 0.697 bits per heavy atom. The molecule has 3 aromatic carbocycles. The largest absolute Gasteiger partial charge is 0.326 e. The van der Waals surface area contributed by atoms with Gasteiger partial charge in [0, 0.05) is 21.3 Å². The first kappa shape index (κ1) is 22.7. The minimum absolute atomic E-state index is 0.167. The molecule has 6 heteroatoms. The van der Waals surface area contributed by atoms with Crippen LogP contribution in [0.3, 0.4) is 0 Å². The van der Waals surface area contributed by atoms with E-state index < -0.39 is 11.8 Å². The molecule has 0 spiro atoms. The van der Waals surface area contributed by atoms with Crippen molar-refractivity contribution in [3.8, 4) is 0 Å². The molecule has 4 rings (SSSR count). The van der Waals surface area contributed by atoms with Gasteiger partial charge in [0.1, 0.15) is 0 Å². The Balaban J connectivity index is 1.51. The van der Waals surface area contributed by atoms with Gasteiger partial charge < -0.3 is 10.6 Å². The first-order valence-electron chi connectivity index (χ1n) is 10.7. The SMILES string of the molecule is O=C(c1ccccc1)c1ccccc1NC(=O)C1CC=CCC1C(=O)Nc1ccc(Br)cc1. The summed E-state index contributed by atoms with van der Waals surface area (Å²) in [5, 5.41) is 5.82. The highest BCUT2D eigenvalue weighted by atomic mass is 79.9. The predicted molar refractivity (Wildman–Crippen MR) is 133 cm³/mol. The molecule has 2 unspecified atom stereocenters. The second kappa shape index (κ2) is 10.4. The summed E-state index contributed by atoms with van der Waals surface area (Å²) in [5.41, 5.74) is 2.08. The molecule has 166 valence electrons. The fourth-order valence-electron chi connectivity index (χ4n) is 3.92.